The minimum atomic E-state index is -0.481. The summed E-state index contributed by atoms with van der Waals surface area (Å²) >= 11 is 0. The first kappa shape index (κ1) is 15.7. The Kier molecular flexibility index (Phi) is 4.54. The average Bonchev–Trinajstić information content (AvgIpc) is 3.01. The fraction of sp³-hybridized carbons (Fsp3) is 0.462. The molecule has 0 unspecified atom stereocenters. The summed E-state index contributed by atoms with van der Waals surface area (Å²) in [6, 6.07) is 0. The van der Waals surface area contributed by atoms with E-state index in [-0.39, 0.29) is 18.1 Å². The van der Waals surface area contributed by atoms with Gasteiger partial charge in [-0.3, -0.25) is 24.3 Å². The monoisotopic (exact) mass is 306 g/mol. The van der Waals surface area contributed by atoms with Gasteiger partial charge < -0.3 is 5.32 Å². The number of nitro groups is 1. The molecule has 9 heteroatoms. The zero-order chi connectivity index (χ0) is 16.3. The van der Waals surface area contributed by atoms with Crippen LogP contribution in [0.2, 0.25) is 0 Å². The van der Waals surface area contributed by atoms with Gasteiger partial charge in [0.15, 0.2) is 0 Å². The Morgan fingerprint density at radius 2 is 2.18 bits per heavy atom. The minimum absolute atomic E-state index is 0.0444. The molecular formula is C13H18N6O3. The van der Waals surface area contributed by atoms with Crippen LogP contribution in [0.3, 0.4) is 0 Å². The largest absolute Gasteiger partial charge is 0.350 e. The van der Waals surface area contributed by atoms with Crippen molar-refractivity contribution in [1.82, 2.24) is 24.9 Å². The molecule has 2 aromatic heterocycles. The van der Waals surface area contributed by atoms with Gasteiger partial charge in [0.25, 0.3) is 0 Å². The number of amides is 1. The smallest absolute Gasteiger partial charge is 0.312 e. The summed E-state index contributed by atoms with van der Waals surface area (Å²) < 4.78 is 3.12. The molecule has 1 amide bonds. The number of hydrogen-bond donors (Lipinski definition) is 1. The van der Waals surface area contributed by atoms with Gasteiger partial charge >= 0.3 is 5.69 Å². The van der Waals surface area contributed by atoms with E-state index in [0.717, 1.165) is 12.1 Å². The predicted molar refractivity (Wildman–Crippen MR) is 78.1 cm³/mol. The molecule has 118 valence electrons. The van der Waals surface area contributed by atoms with Crippen LogP contribution in [-0.4, -0.2) is 30.4 Å². The zero-order valence-corrected chi connectivity index (χ0v) is 12.7. The van der Waals surface area contributed by atoms with E-state index in [9.17, 15) is 14.9 Å². The van der Waals surface area contributed by atoms with Gasteiger partial charge in [-0.1, -0.05) is 0 Å². The van der Waals surface area contributed by atoms with Crippen LogP contribution in [0, 0.1) is 24.0 Å². The van der Waals surface area contributed by atoms with Crippen LogP contribution in [0.5, 0.6) is 0 Å². The summed E-state index contributed by atoms with van der Waals surface area (Å²) in [6.45, 7) is 6.19. The third-order valence-electron chi connectivity index (χ3n) is 3.32. The number of hydrogen-bond acceptors (Lipinski definition) is 5. The molecule has 0 fully saturated rings. The second-order valence-electron chi connectivity index (χ2n) is 4.92. The molecule has 0 aliphatic rings. The number of carbonyl (C=O) groups is 1. The molecular weight excluding hydrogens is 288 g/mol. The highest BCUT2D eigenvalue weighted by Gasteiger charge is 2.22. The SMILES string of the molecule is CCn1cc(CNC(=O)Cn2nc(C)c([N+](=O)[O-])c2C)cn1. The Morgan fingerprint density at radius 3 is 2.73 bits per heavy atom. The summed E-state index contributed by atoms with van der Waals surface area (Å²) in [6.07, 6.45) is 3.55. The van der Waals surface area contributed by atoms with Gasteiger partial charge in [0.1, 0.15) is 17.9 Å². The third-order valence-corrected chi connectivity index (χ3v) is 3.32. The van der Waals surface area contributed by atoms with Crippen LogP contribution in [0.4, 0.5) is 5.69 Å². The summed E-state index contributed by atoms with van der Waals surface area (Å²) in [5, 5.41) is 21.8. The second kappa shape index (κ2) is 6.37. The lowest BCUT2D eigenvalue weighted by Gasteiger charge is -2.05. The lowest BCUT2D eigenvalue weighted by atomic mass is 10.3. The van der Waals surface area contributed by atoms with Crippen LogP contribution < -0.4 is 5.32 Å². The van der Waals surface area contributed by atoms with Gasteiger partial charge in [-0.25, -0.2) is 0 Å². The Morgan fingerprint density at radius 1 is 1.45 bits per heavy atom. The molecule has 2 aromatic rings. The van der Waals surface area contributed by atoms with E-state index in [1.165, 1.54) is 4.68 Å². The van der Waals surface area contributed by atoms with Crippen LogP contribution >= 0.6 is 0 Å². The van der Waals surface area contributed by atoms with Crippen molar-refractivity contribution >= 4 is 11.6 Å². The number of aromatic nitrogens is 4. The maximum absolute atomic E-state index is 11.9. The quantitative estimate of drug-likeness (QED) is 0.631. The third kappa shape index (κ3) is 3.30. The molecule has 1 N–H and O–H groups in total. The number of nitrogens with zero attached hydrogens (tertiary/aromatic N) is 5. The van der Waals surface area contributed by atoms with Crippen LogP contribution in [0.15, 0.2) is 12.4 Å². The molecule has 0 atom stereocenters. The van der Waals surface area contributed by atoms with E-state index in [1.807, 2.05) is 13.1 Å². The fourth-order valence-corrected chi connectivity index (χ4v) is 2.17. The molecule has 9 nitrogen and oxygen atoms in total. The summed E-state index contributed by atoms with van der Waals surface area (Å²) in [7, 11) is 0. The normalized spacial score (nSPS) is 10.7. The first-order valence-corrected chi connectivity index (χ1v) is 6.88. The predicted octanol–water partition coefficient (Wildman–Crippen LogP) is 0.941. The van der Waals surface area contributed by atoms with Crippen LogP contribution in [-0.2, 0) is 24.4 Å². The molecule has 0 bridgehead atoms. The highest BCUT2D eigenvalue weighted by atomic mass is 16.6. The van der Waals surface area contributed by atoms with Crippen molar-refractivity contribution in [2.45, 2.75) is 40.4 Å². The highest BCUT2D eigenvalue weighted by Crippen LogP contribution is 2.21. The number of rotatable bonds is 6. The molecule has 2 heterocycles. The Hall–Kier alpha value is -2.71. The van der Waals surface area contributed by atoms with Gasteiger partial charge in [-0.05, 0) is 20.8 Å². The number of aryl methyl sites for hydroxylation is 2. The van der Waals surface area contributed by atoms with Gasteiger partial charge in [-0.2, -0.15) is 10.2 Å². The minimum Gasteiger partial charge on any atom is -0.350 e. The summed E-state index contributed by atoms with van der Waals surface area (Å²) in [5.41, 5.74) is 1.53. The van der Waals surface area contributed by atoms with Crippen molar-refractivity contribution in [1.29, 1.82) is 0 Å². The molecule has 0 saturated heterocycles. The lowest BCUT2D eigenvalue weighted by Crippen LogP contribution is -2.27. The Bertz CT molecular complexity index is 703. The van der Waals surface area contributed by atoms with Crippen molar-refractivity contribution < 1.29 is 9.72 Å². The first-order chi connectivity index (χ1) is 10.4. The highest BCUT2D eigenvalue weighted by molar-refractivity contribution is 5.75. The van der Waals surface area contributed by atoms with Crippen molar-refractivity contribution in [3.05, 3.63) is 39.5 Å². The molecule has 0 spiro atoms. The van der Waals surface area contributed by atoms with Crippen LogP contribution in [0.1, 0.15) is 23.9 Å². The van der Waals surface area contributed by atoms with E-state index in [0.29, 0.717) is 17.9 Å². The maximum atomic E-state index is 11.9. The van der Waals surface area contributed by atoms with Gasteiger partial charge in [-0.15, -0.1) is 0 Å². The van der Waals surface area contributed by atoms with Gasteiger partial charge in [0.05, 0.1) is 11.1 Å². The van der Waals surface area contributed by atoms with Gasteiger partial charge in [0, 0.05) is 24.8 Å². The topological polar surface area (TPSA) is 108 Å². The molecule has 0 aromatic carbocycles. The second-order valence-corrected chi connectivity index (χ2v) is 4.92. The van der Waals surface area contributed by atoms with Crippen LogP contribution in [0.25, 0.3) is 0 Å². The number of carbonyl (C=O) groups excluding carboxylic acids is 1. The summed E-state index contributed by atoms with van der Waals surface area (Å²) in [4.78, 5) is 22.4. The first-order valence-electron chi connectivity index (χ1n) is 6.88. The van der Waals surface area contributed by atoms with E-state index >= 15 is 0 Å². The average molecular weight is 306 g/mol. The zero-order valence-electron chi connectivity index (χ0n) is 12.7. The molecule has 2 rings (SSSR count). The summed E-state index contributed by atoms with van der Waals surface area (Å²) in [5.74, 6) is -0.259. The number of nitrogens with one attached hydrogen (secondary N) is 1. The molecule has 22 heavy (non-hydrogen) atoms. The Balaban J connectivity index is 1.97. The van der Waals surface area contributed by atoms with E-state index < -0.39 is 4.92 Å². The lowest BCUT2D eigenvalue weighted by molar-refractivity contribution is -0.386. The Labute approximate surface area is 127 Å². The molecule has 0 aliphatic carbocycles. The molecule has 0 saturated carbocycles. The fourth-order valence-electron chi connectivity index (χ4n) is 2.17. The van der Waals surface area contributed by atoms with E-state index in [2.05, 4.69) is 15.5 Å². The van der Waals surface area contributed by atoms with Crippen molar-refractivity contribution in [2.24, 2.45) is 0 Å². The van der Waals surface area contributed by atoms with Gasteiger partial charge in [0.2, 0.25) is 5.91 Å². The molecule has 0 radical (unpaired) electrons. The van der Waals surface area contributed by atoms with E-state index in [4.69, 9.17) is 0 Å². The van der Waals surface area contributed by atoms with Crippen molar-refractivity contribution in [3.8, 4) is 0 Å². The van der Waals surface area contributed by atoms with Crippen molar-refractivity contribution in [2.75, 3.05) is 0 Å². The molecule has 0 aliphatic heterocycles. The maximum Gasteiger partial charge on any atom is 0.312 e. The van der Waals surface area contributed by atoms with Crippen molar-refractivity contribution in [3.63, 3.8) is 0 Å². The van der Waals surface area contributed by atoms with E-state index in [1.54, 1.807) is 24.7 Å². The standard InChI is InChI=1S/C13H18N6O3/c1-4-17-7-11(6-15-17)5-14-12(20)8-18-10(3)13(19(21)22)9(2)16-18/h6-7H,4-5,8H2,1-3H3,(H,14,20).